The average Bonchev–Trinajstić information content (AvgIpc) is 2.62. The van der Waals surface area contributed by atoms with Crippen molar-refractivity contribution in [3.8, 4) is 0 Å². The number of benzene rings is 1. The van der Waals surface area contributed by atoms with E-state index >= 15 is 0 Å². The summed E-state index contributed by atoms with van der Waals surface area (Å²) >= 11 is 0. The molecule has 1 atom stereocenters. The fourth-order valence-electron chi connectivity index (χ4n) is 3.85. The van der Waals surface area contributed by atoms with Crippen molar-refractivity contribution < 1.29 is 14.3 Å². The van der Waals surface area contributed by atoms with Gasteiger partial charge in [-0.3, -0.25) is 14.7 Å². The maximum atomic E-state index is 12.6. The lowest BCUT2D eigenvalue weighted by molar-refractivity contribution is -0.120. The van der Waals surface area contributed by atoms with E-state index in [0.29, 0.717) is 18.7 Å². The molecule has 1 amide bonds. The zero-order chi connectivity index (χ0) is 19.4. The van der Waals surface area contributed by atoms with E-state index in [2.05, 4.69) is 10.2 Å². The van der Waals surface area contributed by atoms with Crippen molar-refractivity contribution in [2.24, 2.45) is 0 Å². The smallest absolute Gasteiger partial charge is 0.340 e. The monoisotopic (exact) mass is 369 g/mol. The minimum Gasteiger partial charge on any atom is -0.462 e. The van der Waals surface area contributed by atoms with Gasteiger partial charge in [-0.1, -0.05) is 18.2 Å². The number of rotatable bonds is 5. The van der Waals surface area contributed by atoms with Crippen LogP contribution in [0, 0.1) is 6.92 Å². The zero-order valence-corrected chi connectivity index (χ0v) is 16.2. The van der Waals surface area contributed by atoms with Crippen LogP contribution in [0.1, 0.15) is 48.3 Å². The molecule has 0 saturated carbocycles. The number of para-hydroxylation sites is 1. The number of carbonyl (C=O) groups excluding carboxylic acids is 2. The van der Waals surface area contributed by atoms with Gasteiger partial charge in [-0.05, 0) is 44.9 Å². The Balaban J connectivity index is 1.93. The first-order chi connectivity index (χ1) is 13.0. The number of fused-ring (bicyclic) bond motifs is 1. The number of ether oxygens (including phenoxy) is 1. The predicted molar refractivity (Wildman–Crippen MR) is 105 cm³/mol. The van der Waals surface area contributed by atoms with Gasteiger partial charge in [0.25, 0.3) is 0 Å². The van der Waals surface area contributed by atoms with Crippen LogP contribution in [0.15, 0.2) is 24.3 Å². The van der Waals surface area contributed by atoms with E-state index in [-0.39, 0.29) is 17.9 Å². The number of esters is 1. The quantitative estimate of drug-likeness (QED) is 0.821. The molecular formula is C21H27N3O3. The lowest BCUT2D eigenvalue weighted by atomic mass is 10.00. The molecule has 0 bridgehead atoms. The zero-order valence-electron chi connectivity index (χ0n) is 16.2. The largest absolute Gasteiger partial charge is 0.462 e. The molecule has 1 unspecified atom stereocenters. The third-order valence-electron chi connectivity index (χ3n) is 4.99. The highest BCUT2D eigenvalue weighted by Gasteiger charge is 2.25. The van der Waals surface area contributed by atoms with Crippen LogP contribution in [-0.2, 0) is 16.1 Å². The molecule has 0 spiro atoms. The number of nitrogens with one attached hydrogen (secondary N) is 1. The van der Waals surface area contributed by atoms with E-state index in [4.69, 9.17) is 9.72 Å². The summed E-state index contributed by atoms with van der Waals surface area (Å²) in [5.74, 6) is -0.326. The topological polar surface area (TPSA) is 71.5 Å². The Morgan fingerprint density at radius 1 is 1.33 bits per heavy atom. The van der Waals surface area contributed by atoms with Crippen LogP contribution in [0.25, 0.3) is 10.9 Å². The number of nitrogens with zero attached hydrogens (tertiary/aromatic N) is 2. The predicted octanol–water partition coefficient (Wildman–Crippen LogP) is 2.82. The van der Waals surface area contributed by atoms with E-state index in [9.17, 15) is 9.59 Å². The van der Waals surface area contributed by atoms with Crippen molar-refractivity contribution in [3.63, 3.8) is 0 Å². The fraction of sp³-hybridized carbons (Fsp3) is 0.476. The minimum absolute atomic E-state index is 0.00580. The van der Waals surface area contributed by atoms with Gasteiger partial charge in [0, 0.05) is 31.4 Å². The normalized spacial score (nSPS) is 17.7. The third-order valence-corrected chi connectivity index (χ3v) is 4.99. The molecule has 1 fully saturated rings. The number of carbonyl (C=O) groups is 2. The number of amides is 1. The summed E-state index contributed by atoms with van der Waals surface area (Å²) in [4.78, 5) is 31.1. The second-order valence-electron chi connectivity index (χ2n) is 7.07. The second kappa shape index (κ2) is 8.48. The number of hydrogen-bond acceptors (Lipinski definition) is 5. The summed E-state index contributed by atoms with van der Waals surface area (Å²) in [6, 6.07) is 8.00. The lowest BCUT2D eigenvalue weighted by Crippen LogP contribution is -2.47. The number of pyridine rings is 1. The summed E-state index contributed by atoms with van der Waals surface area (Å²) in [7, 11) is 0. The number of hydrogen-bond donors (Lipinski definition) is 1. The van der Waals surface area contributed by atoms with Gasteiger partial charge in [-0.2, -0.15) is 0 Å². The van der Waals surface area contributed by atoms with Crippen LogP contribution in [-0.4, -0.2) is 47.5 Å². The Labute approximate surface area is 159 Å². The fourth-order valence-corrected chi connectivity index (χ4v) is 3.85. The van der Waals surface area contributed by atoms with Crippen molar-refractivity contribution in [1.82, 2.24) is 15.2 Å². The molecule has 1 N–H and O–H groups in total. The molecule has 2 aromatic rings. The van der Waals surface area contributed by atoms with Crippen molar-refractivity contribution in [3.05, 3.63) is 41.1 Å². The molecule has 2 heterocycles. The van der Waals surface area contributed by atoms with E-state index in [1.165, 1.54) is 0 Å². The SMILES string of the molecule is CCOC(=O)c1c(CN2CCCC(NC(C)=O)C2)nc2ccccc2c1C. The highest BCUT2D eigenvalue weighted by atomic mass is 16.5. The van der Waals surface area contributed by atoms with Gasteiger partial charge in [0.05, 0.1) is 23.4 Å². The molecule has 1 aliphatic heterocycles. The number of piperidine rings is 1. The highest BCUT2D eigenvalue weighted by molar-refractivity contribution is 5.98. The first kappa shape index (κ1) is 19.3. The molecule has 144 valence electrons. The van der Waals surface area contributed by atoms with Crippen molar-refractivity contribution in [2.45, 2.75) is 46.2 Å². The van der Waals surface area contributed by atoms with Gasteiger partial charge >= 0.3 is 5.97 Å². The summed E-state index contributed by atoms with van der Waals surface area (Å²) in [6.45, 7) is 7.89. The molecule has 6 nitrogen and oxygen atoms in total. The molecular weight excluding hydrogens is 342 g/mol. The van der Waals surface area contributed by atoms with Gasteiger partial charge < -0.3 is 10.1 Å². The van der Waals surface area contributed by atoms with Crippen LogP contribution < -0.4 is 5.32 Å². The molecule has 6 heteroatoms. The maximum absolute atomic E-state index is 12.6. The van der Waals surface area contributed by atoms with Crippen LogP contribution >= 0.6 is 0 Å². The molecule has 3 rings (SSSR count). The molecule has 1 saturated heterocycles. The van der Waals surface area contributed by atoms with Gasteiger partial charge in [0.15, 0.2) is 0 Å². The molecule has 1 aromatic carbocycles. The van der Waals surface area contributed by atoms with Gasteiger partial charge in [-0.15, -0.1) is 0 Å². The van der Waals surface area contributed by atoms with Crippen LogP contribution in [0.3, 0.4) is 0 Å². The number of likely N-dealkylation sites (tertiary alicyclic amines) is 1. The number of aryl methyl sites for hydroxylation is 1. The second-order valence-corrected chi connectivity index (χ2v) is 7.07. The average molecular weight is 369 g/mol. The van der Waals surface area contributed by atoms with Gasteiger partial charge in [0.2, 0.25) is 5.91 Å². The van der Waals surface area contributed by atoms with E-state index in [1.54, 1.807) is 6.92 Å². The number of aromatic nitrogens is 1. The Hall–Kier alpha value is -2.47. The van der Waals surface area contributed by atoms with Crippen LogP contribution in [0.2, 0.25) is 0 Å². The minimum atomic E-state index is -0.321. The summed E-state index contributed by atoms with van der Waals surface area (Å²) < 4.78 is 5.31. The standard InChI is InChI=1S/C21H27N3O3/c1-4-27-21(26)20-14(2)17-9-5-6-10-18(17)23-19(20)13-24-11-7-8-16(12-24)22-15(3)25/h5-6,9-10,16H,4,7-8,11-13H2,1-3H3,(H,22,25). The highest BCUT2D eigenvalue weighted by Crippen LogP contribution is 2.25. The molecule has 27 heavy (non-hydrogen) atoms. The Morgan fingerprint density at radius 2 is 2.11 bits per heavy atom. The van der Waals surface area contributed by atoms with E-state index in [0.717, 1.165) is 48.1 Å². The Morgan fingerprint density at radius 3 is 2.85 bits per heavy atom. The molecule has 0 aliphatic carbocycles. The van der Waals surface area contributed by atoms with Crippen LogP contribution in [0.5, 0.6) is 0 Å². The van der Waals surface area contributed by atoms with Crippen LogP contribution in [0.4, 0.5) is 0 Å². The summed E-state index contributed by atoms with van der Waals surface area (Å²) in [6.07, 6.45) is 1.98. The van der Waals surface area contributed by atoms with Crippen molar-refractivity contribution in [2.75, 3.05) is 19.7 Å². The van der Waals surface area contributed by atoms with Crippen molar-refractivity contribution >= 4 is 22.8 Å². The van der Waals surface area contributed by atoms with E-state index < -0.39 is 0 Å². The van der Waals surface area contributed by atoms with E-state index in [1.807, 2.05) is 38.1 Å². The molecule has 1 aliphatic rings. The summed E-state index contributed by atoms with van der Waals surface area (Å²) in [5, 5.41) is 3.97. The first-order valence-electron chi connectivity index (χ1n) is 9.54. The Kier molecular flexibility index (Phi) is 6.06. The summed E-state index contributed by atoms with van der Waals surface area (Å²) in [5.41, 5.74) is 3.10. The van der Waals surface area contributed by atoms with Crippen molar-refractivity contribution in [1.29, 1.82) is 0 Å². The third kappa shape index (κ3) is 4.45. The Bertz CT molecular complexity index is 850. The lowest BCUT2D eigenvalue weighted by Gasteiger charge is -2.33. The van der Waals surface area contributed by atoms with Gasteiger partial charge in [0.1, 0.15) is 0 Å². The molecule has 1 aromatic heterocycles. The first-order valence-corrected chi connectivity index (χ1v) is 9.54. The molecule has 0 radical (unpaired) electrons. The maximum Gasteiger partial charge on any atom is 0.340 e. The van der Waals surface area contributed by atoms with Gasteiger partial charge in [-0.25, -0.2) is 4.79 Å².